The number of phenols is 1. The Morgan fingerprint density at radius 2 is 1.63 bits per heavy atom. The number of ether oxygens (including phenoxy) is 3. The first-order valence-electron chi connectivity index (χ1n) is 20.3. The van der Waals surface area contributed by atoms with Crippen molar-refractivity contribution in [3.05, 3.63) is 141 Å². The highest BCUT2D eigenvalue weighted by Gasteiger charge is 2.69. The Hall–Kier alpha value is -6.58. The normalized spacial score (nSPS) is 20.1. The summed E-state index contributed by atoms with van der Waals surface area (Å²) in [5, 5.41) is 12.3. The molecule has 9 rings (SSSR count). The van der Waals surface area contributed by atoms with Crippen molar-refractivity contribution < 1.29 is 42.1 Å². The van der Waals surface area contributed by atoms with Gasteiger partial charge in [0.25, 0.3) is 17.4 Å². The summed E-state index contributed by atoms with van der Waals surface area (Å²) in [4.78, 5) is 81.6. The summed E-state index contributed by atoms with van der Waals surface area (Å²) in [6.45, 7) is -0.488. The number of amides is 2. The van der Waals surface area contributed by atoms with Crippen LogP contribution in [0.15, 0.2) is 91.3 Å². The highest BCUT2D eigenvalue weighted by molar-refractivity contribution is 9.10. The number of nitrogens with zero attached hydrogens (tertiary/aromatic N) is 7. The lowest BCUT2D eigenvalue weighted by Crippen LogP contribution is -2.53. The van der Waals surface area contributed by atoms with E-state index in [1.165, 1.54) is 53.5 Å². The van der Waals surface area contributed by atoms with Gasteiger partial charge >= 0.3 is 17.6 Å². The van der Waals surface area contributed by atoms with Crippen molar-refractivity contribution in [1.82, 2.24) is 33.5 Å². The Bertz CT molecular complexity index is 3300. The van der Waals surface area contributed by atoms with Gasteiger partial charge in [-0.15, -0.1) is 0 Å². The van der Waals surface area contributed by atoms with E-state index < -0.39 is 80.4 Å². The number of aromatic hydroxyl groups is 1. The van der Waals surface area contributed by atoms with Crippen molar-refractivity contribution >= 4 is 67.8 Å². The van der Waals surface area contributed by atoms with Gasteiger partial charge in [0.2, 0.25) is 0 Å². The van der Waals surface area contributed by atoms with Crippen molar-refractivity contribution in [2.75, 3.05) is 26.8 Å². The molecule has 1 saturated carbocycles. The molecule has 0 bridgehead atoms. The van der Waals surface area contributed by atoms with E-state index in [0.717, 1.165) is 4.57 Å². The maximum absolute atomic E-state index is 15.5. The van der Waals surface area contributed by atoms with Gasteiger partial charge in [-0.25, -0.2) is 33.5 Å². The molecule has 2 N–H and O–H groups in total. The van der Waals surface area contributed by atoms with Crippen LogP contribution in [-0.2, 0) is 47.7 Å². The number of hydrazine groups is 1. The third-order valence-corrected chi connectivity index (χ3v) is 13.7. The van der Waals surface area contributed by atoms with Crippen LogP contribution in [0.3, 0.4) is 0 Å². The van der Waals surface area contributed by atoms with Crippen LogP contribution in [0.2, 0.25) is 10.0 Å². The topological polar surface area (TPSA) is 194 Å². The van der Waals surface area contributed by atoms with E-state index in [2.05, 4.69) is 31.3 Å². The molecule has 0 spiro atoms. The molecule has 3 aromatic carbocycles. The molecule has 67 heavy (non-hydrogen) atoms. The molecule has 23 heteroatoms. The molecule has 0 radical (unpaired) electrons. The number of imide groups is 1. The van der Waals surface area contributed by atoms with E-state index in [0.29, 0.717) is 49.9 Å². The van der Waals surface area contributed by atoms with E-state index in [-0.39, 0.29) is 53.5 Å². The minimum atomic E-state index is -4.81. The number of nitrogens with one attached hydrogen (secondary N) is 1. The number of phenolic OH excluding ortho intramolecular Hbond substituents is 1. The molecule has 3 aromatic heterocycles. The minimum Gasteiger partial charge on any atom is -0.504 e. The lowest BCUT2D eigenvalue weighted by Gasteiger charge is -2.49. The lowest BCUT2D eigenvalue weighted by molar-refractivity contribution is -0.139. The molecule has 6 aromatic rings. The quantitative estimate of drug-likeness (QED) is 0.118. The smallest absolute Gasteiger partial charge is 0.417 e. The van der Waals surface area contributed by atoms with Crippen LogP contribution in [0, 0.1) is 5.92 Å². The summed E-state index contributed by atoms with van der Waals surface area (Å²) in [5.41, 5.74) is -0.987. The van der Waals surface area contributed by atoms with Crippen LogP contribution in [0.1, 0.15) is 40.8 Å². The van der Waals surface area contributed by atoms with Gasteiger partial charge in [-0.1, -0.05) is 57.3 Å². The van der Waals surface area contributed by atoms with E-state index >= 15 is 9.59 Å². The summed E-state index contributed by atoms with van der Waals surface area (Å²) >= 11 is 16.1. The molecular weight excluding hydrogens is 992 g/mol. The van der Waals surface area contributed by atoms with Gasteiger partial charge in [-0.2, -0.15) is 18.2 Å². The number of halogens is 6. The molecule has 2 fully saturated rings. The fourth-order valence-corrected chi connectivity index (χ4v) is 10.5. The van der Waals surface area contributed by atoms with Gasteiger partial charge in [0.05, 0.1) is 66.9 Å². The number of benzene rings is 3. The van der Waals surface area contributed by atoms with Crippen molar-refractivity contribution in [3.8, 4) is 23.0 Å². The van der Waals surface area contributed by atoms with Gasteiger partial charge in [-0.3, -0.25) is 19.8 Å². The standard InChI is InChI=1S/C44H36BrCl2F3N8O9/c1-54-31-18-33(66-3)32(65-2)17-29(31)52-28(39(54)61)10-11-55-41(63)56-12-9-24-30(58(56)42(55)64)16-26-38(60)57(53-37-27(47)13-21(19-51-37)44(48,49)50)40(62)43(26,20-5-7-23(46)8-6-20)35(24)25-14-22(45)15-34(67-4)36(25)59/h5-9,13-15,17-19,26,30,35,59H,10-12,16H2,1-4H3,(H,51,53)/t26-,30+,35+,43+/m0/s1. The second kappa shape index (κ2) is 16.6. The molecule has 17 nitrogen and oxygen atoms in total. The summed E-state index contributed by atoms with van der Waals surface area (Å²) in [5.74, 6) is -4.62. The molecule has 348 valence electrons. The molecule has 2 amide bonds. The van der Waals surface area contributed by atoms with Gasteiger partial charge in [0.1, 0.15) is 5.69 Å². The molecule has 1 aliphatic carbocycles. The number of aromatic nitrogens is 6. The van der Waals surface area contributed by atoms with E-state index in [4.69, 9.17) is 37.4 Å². The number of pyridine rings is 1. The second-order valence-corrected chi connectivity index (χ2v) is 17.8. The van der Waals surface area contributed by atoms with E-state index in [1.54, 1.807) is 43.5 Å². The van der Waals surface area contributed by atoms with Gasteiger partial charge < -0.3 is 23.9 Å². The van der Waals surface area contributed by atoms with Crippen LogP contribution < -0.4 is 36.6 Å². The number of alkyl halides is 3. The number of carbonyl (C=O) groups excluding carboxylic acids is 2. The number of hydrogen-bond acceptors (Lipinski definition) is 12. The van der Waals surface area contributed by atoms with E-state index in [1.807, 2.05) is 0 Å². The summed E-state index contributed by atoms with van der Waals surface area (Å²) in [7, 11) is 5.78. The minimum absolute atomic E-state index is 0.00976. The summed E-state index contributed by atoms with van der Waals surface area (Å²) in [6.07, 6.45) is -3.08. The van der Waals surface area contributed by atoms with E-state index in [9.17, 15) is 32.7 Å². The summed E-state index contributed by atoms with van der Waals surface area (Å²) < 4.78 is 62.3. The molecule has 3 aliphatic rings. The highest BCUT2D eigenvalue weighted by Crippen LogP contribution is 2.63. The number of allylic oxidation sites excluding steroid dienone is 2. The third kappa shape index (κ3) is 7.07. The van der Waals surface area contributed by atoms with Crippen molar-refractivity contribution in [1.29, 1.82) is 0 Å². The molecule has 2 aliphatic heterocycles. The first-order chi connectivity index (χ1) is 31.8. The zero-order valence-corrected chi connectivity index (χ0v) is 38.6. The van der Waals surface area contributed by atoms with Gasteiger partial charge in [-0.05, 0) is 47.9 Å². The van der Waals surface area contributed by atoms with Crippen LogP contribution in [0.25, 0.3) is 11.0 Å². The maximum Gasteiger partial charge on any atom is 0.417 e. The number of fused-ring (bicyclic) bond motifs is 5. The Kier molecular flexibility index (Phi) is 11.3. The number of rotatable bonds is 10. The SMILES string of the molecule is COc1cc2nc(CCn3c(=O)n4n(c3=O)[C@@H]3C[C@H]5C(=O)N(Nc6ncc(C(F)(F)F)cc6Cl)C(=O)[C@@]5(c5ccc(Cl)cc5)[C@@H](c5cc(Br)cc(OC)c5O)C3=CC4)c(=O)n(C)c2cc1OC. The van der Waals surface area contributed by atoms with Crippen molar-refractivity contribution in [2.45, 2.75) is 49.5 Å². The van der Waals surface area contributed by atoms with Crippen LogP contribution >= 0.6 is 39.1 Å². The van der Waals surface area contributed by atoms with Crippen LogP contribution in [0.5, 0.6) is 23.0 Å². The number of methoxy groups -OCH3 is 3. The number of hydrogen-bond donors (Lipinski definition) is 2. The molecular formula is C44H36BrCl2F3N8O9. The first-order valence-corrected chi connectivity index (χ1v) is 21.8. The molecule has 5 heterocycles. The third-order valence-electron chi connectivity index (χ3n) is 12.7. The highest BCUT2D eigenvalue weighted by atomic mass is 79.9. The molecule has 1 saturated heterocycles. The van der Waals surface area contributed by atoms with Gasteiger partial charge in [0.15, 0.2) is 28.8 Å². The Morgan fingerprint density at radius 1 is 0.940 bits per heavy atom. The summed E-state index contributed by atoms with van der Waals surface area (Å²) in [6, 6.07) is 11.8. The average molecular weight is 1030 g/mol. The fourth-order valence-electron chi connectivity index (χ4n) is 9.69. The van der Waals surface area contributed by atoms with Gasteiger partial charge in [0, 0.05) is 59.3 Å². The molecule has 4 atom stereocenters. The first kappa shape index (κ1) is 45.6. The largest absolute Gasteiger partial charge is 0.504 e. The zero-order valence-electron chi connectivity index (χ0n) is 35.5. The number of carbonyl (C=O) groups is 2. The van der Waals surface area contributed by atoms with Crippen molar-refractivity contribution in [3.63, 3.8) is 0 Å². The average Bonchev–Trinajstić information content (AvgIpc) is 3.67. The maximum atomic E-state index is 15.5. The Morgan fingerprint density at radius 3 is 2.28 bits per heavy atom. The fraction of sp³-hybridized carbons (Fsp3) is 0.295. The second-order valence-electron chi connectivity index (χ2n) is 16.0. The number of aryl methyl sites for hydroxylation is 2. The predicted molar refractivity (Wildman–Crippen MR) is 240 cm³/mol. The van der Waals surface area contributed by atoms with Crippen LogP contribution in [-0.4, -0.2) is 71.7 Å². The molecule has 0 unspecified atom stereocenters. The Labute approximate surface area is 394 Å². The van der Waals surface area contributed by atoms with Crippen molar-refractivity contribution in [2.24, 2.45) is 13.0 Å². The number of anilines is 1. The predicted octanol–water partition coefficient (Wildman–Crippen LogP) is 6.13. The zero-order chi connectivity index (χ0) is 48.0. The monoisotopic (exact) mass is 1030 g/mol. The Balaban J connectivity index is 1.19. The van der Waals surface area contributed by atoms with Crippen LogP contribution in [0.4, 0.5) is 19.0 Å². The lowest BCUT2D eigenvalue weighted by atomic mass is 9.53.